The summed E-state index contributed by atoms with van der Waals surface area (Å²) in [4.78, 5) is 23.9. The third-order valence-electron chi connectivity index (χ3n) is 4.02. The molecule has 4 heteroatoms. The SMILES string of the molecule is CCC1(C)OC(=O)C(=CC=Cc2ccc3ccccc3c2)C(=O)O1. The van der Waals surface area contributed by atoms with E-state index in [2.05, 4.69) is 0 Å². The van der Waals surface area contributed by atoms with Crippen LogP contribution in [0.4, 0.5) is 0 Å². The van der Waals surface area contributed by atoms with Crippen LogP contribution in [0.5, 0.6) is 0 Å². The minimum absolute atomic E-state index is 0.0991. The van der Waals surface area contributed by atoms with Gasteiger partial charge in [0.15, 0.2) is 0 Å². The number of carbonyl (C=O) groups excluding carboxylic acids is 2. The second kappa shape index (κ2) is 6.32. The Balaban J connectivity index is 1.80. The van der Waals surface area contributed by atoms with Gasteiger partial charge < -0.3 is 9.47 Å². The maximum Gasteiger partial charge on any atom is 0.348 e. The van der Waals surface area contributed by atoms with Gasteiger partial charge in [0.2, 0.25) is 0 Å². The molecule has 1 aliphatic heterocycles. The molecular formula is C20H18O4. The fraction of sp³-hybridized carbons (Fsp3) is 0.200. The van der Waals surface area contributed by atoms with E-state index in [1.807, 2.05) is 48.5 Å². The number of fused-ring (bicyclic) bond motifs is 1. The molecule has 3 rings (SSSR count). The number of ether oxygens (including phenoxy) is 2. The van der Waals surface area contributed by atoms with Crippen LogP contribution in [0.2, 0.25) is 0 Å². The maximum atomic E-state index is 12.0. The molecule has 0 amide bonds. The Bertz CT molecular complexity index is 841. The summed E-state index contributed by atoms with van der Waals surface area (Å²) in [6.45, 7) is 3.36. The van der Waals surface area contributed by atoms with Gasteiger partial charge in [-0.1, -0.05) is 55.5 Å². The van der Waals surface area contributed by atoms with Crippen molar-refractivity contribution >= 4 is 28.8 Å². The van der Waals surface area contributed by atoms with Crippen LogP contribution in [-0.2, 0) is 19.1 Å². The van der Waals surface area contributed by atoms with Gasteiger partial charge in [-0.2, -0.15) is 0 Å². The molecule has 0 aliphatic carbocycles. The Morgan fingerprint density at radius 2 is 1.67 bits per heavy atom. The molecule has 24 heavy (non-hydrogen) atoms. The van der Waals surface area contributed by atoms with Crippen LogP contribution < -0.4 is 0 Å². The molecule has 0 radical (unpaired) electrons. The second-order valence-corrected chi connectivity index (χ2v) is 5.81. The average molecular weight is 322 g/mol. The van der Waals surface area contributed by atoms with E-state index in [1.54, 1.807) is 19.9 Å². The summed E-state index contributed by atoms with van der Waals surface area (Å²) in [5.41, 5.74) is 0.874. The van der Waals surface area contributed by atoms with Gasteiger partial charge >= 0.3 is 11.9 Å². The highest BCUT2D eigenvalue weighted by molar-refractivity contribution is 6.15. The van der Waals surface area contributed by atoms with Gasteiger partial charge in [0.1, 0.15) is 5.57 Å². The number of rotatable bonds is 3. The lowest BCUT2D eigenvalue weighted by Gasteiger charge is -2.32. The van der Waals surface area contributed by atoms with Crippen LogP contribution in [0.1, 0.15) is 25.8 Å². The van der Waals surface area contributed by atoms with Crippen molar-refractivity contribution in [1.29, 1.82) is 0 Å². The molecule has 1 aliphatic rings. The van der Waals surface area contributed by atoms with Crippen LogP contribution in [0.3, 0.4) is 0 Å². The lowest BCUT2D eigenvalue weighted by molar-refractivity contribution is -0.229. The predicted molar refractivity (Wildman–Crippen MR) is 91.9 cm³/mol. The van der Waals surface area contributed by atoms with E-state index in [-0.39, 0.29) is 5.57 Å². The zero-order valence-corrected chi connectivity index (χ0v) is 13.6. The number of allylic oxidation sites excluding steroid dienone is 2. The molecule has 4 nitrogen and oxygen atoms in total. The Labute approximate surface area is 140 Å². The predicted octanol–water partition coefficient (Wildman–Crippen LogP) is 4.01. The first-order valence-corrected chi connectivity index (χ1v) is 7.84. The van der Waals surface area contributed by atoms with E-state index < -0.39 is 17.7 Å². The molecule has 2 aromatic rings. The summed E-state index contributed by atoms with van der Waals surface area (Å²) in [5, 5.41) is 2.29. The Hall–Kier alpha value is -2.88. The van der Waals surface area contributed by atoms with Gasteiger partial charge in [0.25, 0.3) is 5.79 Å². The lowest BCUT2D eigenvalue weighted by Crippen LogP contribution is -2.43. The normalized spacial score (nSPS) is 21.0. The highest BCUT2D eigenvalue weighted by Gasteiger charge is 2.40. The van der Waals surface area contributed by atoms with Crippen LogP contribution in [0.15, 0.2) is 60.2 Å². The van der Waals surface area contributed by atoms with E-state index in [1.165, 1.54) is 6.08 Å². The monoisotopic (exact) mass is 322 g/mol. The van der Waals surface area contributed by atoms with Gasteiger partial charge in [-0.15, -0.1) is 0 Å². The van der Waals surface area contributed by atoms with Crippen molar-refractivity contribution in [1.82, 2.24) is 0 Å². The summed E-state index contributed by atoms with van der Waals surface area (Å²) in [7, 11) is 0. The zero-order valence-electron chi connectivity index (χ0n) is 13.6. The third-order valence-corrected chi connectivity index (χ3v) is 4.02. The summed E-state index contributed by atoms with van der Waals surface area (Å²) >= 11 is 0. The van der Waals surface area contributed by atoms with E-state index in [0.29, 0.717) is 6.42 Å². The fourth-order valence-corrected chi connectivity index (χ4v) is 2.45. The molecule has 2 aromatic carbocycles. The number of esters is 2. The van der Waals surface area contributed by atoms with Crippen LogP contribution in [-0.4, -0.2) is 17.7 Å². The molecule has 0 spiro atoms. The van der Waals surface area contributed by atoms with Gasteiger partial charge in [-0.05, 0) is 28.5 Å². The van der Waals surface area contributed by atoms with Crippen LogP contribution in [0, 0.1) is 0 Å². The van der Waals surface area contributed by atoms with Crippen LogP contribution in [0.25, 0.3) is 16.8 Å². The minimum Gasteiger partial charge on any atom is -0.419 e. The average Bonchev–Trinajstić information content (AvgIpc) is 2.57. The van der Waals surface area contributed by atoms with Crippen molar-refractivity contribution in [2.45, 2.75) is 26.1 Å². The van der Waals surface area contributed by atoms with Gasteiger partial charge in [0, 0.05) is 13.3 Å². The van der Waals surface area contributed by atoms with Crippen molar-refractivity contribution < 1.29 is 19.1 Å². The maximum absolute atomic E-state index is 12.0. The van der Waals surface area contributed by atoms with Crippen LogP contribution >= 0.6 is 0 Å². The molecule has 0 saturated carbocycles. The molecule has 1 fully saturated rings. The summed E-state index contributed by atoms with van der Waals surface area (Å²) in [6, 6.07) is 14.1. The molecule has 0 unspecified atom stereocenters. The van der Waals surface area contributed by atoms with Gasteiger partial charge in [-0.25, -0.2) is 9.59 Å². The fourth-order valence-electron chi connectivity index (χ4n) is 2.45. The lowest BCUT2D eigenvalue weighted by atomic mass is 10.1. The number of benzene rings is 2. The van der Waals surface area contributed by atoms with Gasteiger partial charge in [-0.3, -0.25) is 0 Å². The number of hydrogen-bond donors (Lipinski definition) is 0. The van der Waals surface area contributed by atoms with Crippen molar-refractivity contribution in [3.05, 3.63) is 65.8 Å². The molecular weight excluding hydrogens is 304 g/mol. The Morgan fingerprint density at radius 1 is 1.00 bits per heavy atom. The highest BCUT2D eigenvalue weighted by Crippen LogP contribution is 2.26. The molecule has 1 saturated heterocycles. The molecule has 122 valence electrons. The van der Waals surface area contributed by atoms with E-state index in [0.717, 1.165) is 16.3 Å². The van der Waals surface area contributed by atoms with Crippen molar-refractivity contribution in [3.63, 3.8) is 0 Å². The number of cyclic esters (lactones) is 2. The molecule has 0 bridgehead atoms. The summed E-state index contributed by atoms with van der Waals surface area (Å²) in [5.74, 6) is -2.48. The number of hydrogen-bond acceptors (Lipinski definition) is 4. The van der Waals surface area contributed by atoms with Gasteiger partial charge in [0.05, 0.1) is 0 Å². The largest absolute Gasteiger partial charge is 0.419 e. The topological polar surface area (TPSA) is 52.6 Å². The van der Waals surface area contributed by atoms with Crippen molar-refractivity contribution in [2.75, 3.05) is 0 Å². The van der Waals surface area contributed by atoms with Crippen molar-refractivity contribution in [3.8, 4) is 0 Å². The van der Waals surface area contributed by atoms with Crippen molar-refractivity contribution in [2.24, 2.45) is 0 Å². The minimum atomic E-state index is -1.17. The van der Waals surface area contributed by atoms with E-state index >= 15 is 0 Å². The second-order valence-electron chi connectivity index (χ2n) is 5.81. The zero-order chi connectivity index (χ0) is 17.2. The number of carbonyl (C=O) groups is 2. The first-order valence-electron chi connectivity index (χ1n) is 7.84. The first-order chi connectivity index (χ1) is 11.5. The third kappa shape index (κ3) is 3.23. The summed E-state index contributed by atoms with van der Waals surface area (Å²) < 4.78 is 10.4. The van der Waals surface area contributed by atoms with E-state index in [4.69, 9.17) is 9.47 Å². The summed E-state index contributed by atoms with van der Waals surface area (Å²) in [6.07, 6.45) is 5.31. The molecule has 0 atom stereocenters. The standard InChI is InChI=1S/C20H18O4/c1-3-20(2)23-18(21)17(19(22)24-20)10-6-7-14-11-12-15-8-4-5-9-16(15)13-14/h4-13H,3H2,1-2H3. The molecule has 1 heterocycles. The molecule has 0 aromatic heterocycles. The van der Waals surface area contributed by atoms with E-state index in [9.17, 15) is 9.59 Å². The first kappa shape index (κ1) is 16.0. The highest BCUT2D eigenvalue weighted by atomic mass is 16.7. The molecule has 0 N–H and O–H groups in total. The quantitative estimate of drug-likeness (QED) is 0.487. The Morgan fingerprint density at radius 3 is 2.33 bits per heavy atom. The smallest absolute Gasteiger partial charge is 0.348 e. The Kier molecular flexibility index (Phi) is 4.21.